The van der Waals surface area contributed by atoms with Crippen molar-refractivity contribution in [3.05, 3.63) is 33.8 Å². The number of benzene rings is 1. The fourth-order valence-corrected chi connectivity index (χ4v) is 2.31. The van der Waals surface area contributed by atoms with Crippen molar-refractivity contribution in [2.24, 2.45) is 4.99 Å². The van der Waals surface area contributed by atoms with Gasteiger partial charge in [-0.1, -0.05) is 55.5 Å². The minimum atomic E-state index is 0. The standard InChI is InChI=1S/C16H23Cl2NO.ClH/c1-2-3-4-5-9-19-10-8-14(12-20)13-6-7-15(17)16(18)11-13;/h6-7,10-11,14,20H,2-5,8-9,12H2,1H3;1H. The van der Waals surface area contributed by atoms with Gasteiger partial charge in [0.15, 0.2) is 0 Å². The predicted molar refractivity (Wildman–Crippen MR) is 95.7 cm³/mol. The first-order chi connectivity index (χ1) is 9.69. The van der Waals surface area contributed by atoms with Gasteiger partial charge in [-0.15, -0.1) is 12.4 Å². The monoisotopic (exact) mass is 351 g/mol. The molecule has 1 rings (SSSR count). The molecule has 0 amide bonds. The minimum Gasteiger partial charge on any atom is -0.396 e. The number of aliphatic hydroxyl groups excluding tert-OH is 1. The Hall–Kier alpha value is -0.280. The quantitative estimate of drug-likeness (QED) is 0.460. The largest absolute Gasteiger partial charge is 0.396 e. The topological polar surface area (TPSA) is 32.6 Å². The van der Waals surface area contributed by atoms with Crippen LogP contribution >= 0.6 is 35.6 Å². The Morgan fingerprint density at radius 3 is 2.57 bits per heavy atom. The van der Waals surface area contributed by atoms with E-state index in [1.807, 2.05) is 18.3 Å². The second kappa shape index (κ2) is 12.3. The van der Waals surface area contributed by atoms with Crippen LogP contribution < -0.4 is 0 Å². The van der Waals surface area contributed by atoms with E-state index in [4.69, 9.17) is 23.2 Å². The zero-order valence-electron chi connectivity index (χ0n) is 12.4. The number of hydrogen-bond donors (Lipinski definition) is 1. The van der Waals surface area contributed by atoms with E-state index in [1.54, 1.807) is 6.07 Å². The van der Waals surface area contributed by atoms with Gasteiger partial charge >= 0.3 is 0 Å². The van der Waals surface area contributed by atoms with Crippen LogP contribution in [-0.2, 0) is 0 Å². The molecule has 0 radical (unpaired) electrons. The fraction of sp³-hybridized carbons (Fsp3) is 0.562. The molecule has 0 aliphatic rings. The lowest BCUT2D eigenvalue weighted by molar-refractivity contribution is 0.268. The van der Waals surface area contributed by atoms with Crippen LogP contribution in [0.4, 0.5) is 0 Å². The van der Waals surface area contributed by atoms with Gasteiger partial charge in [0, 0.05) is 12.5 Å². The normalized spacial score (nSPS) is 12.4. The lowest BCUT2D eigenvalue weighted by Gasteiger charge is -2.12. The van der Waals surface area contributed by atoms with Crippen LogP contribution in [0.25, 0.3) is 0 Å². The van der Waals surface area contributed by atoms with E-state index < -0.39 is 0 Å². The number of nitrogens with zero attached hydrogens (tertiary/aromatic N) is 1. The van der Waals surface area contributed by atoms with Crippen molar-refractivity contribution in [2.75, 3.05) is 13.2 Å². The fourth-order valence-electron chi connectivity index (χ4n) is 2.01. The van der Waals surface area contributed by atoms with E-state index in [2.05, 4.69) is 11.9 Å². The van der Waals surface area contributed by atoms with E-state index in [1.165, 1.54) is 19.3 Å². The van der Waals surface area contributed by atoms with Gasteiger partial charge in [-0.05, 0) is 36.8 Å². The summed E-state index contributed by atoms with van der Waals surface area (Å²) in [5, 5.41) is 10.5. The Balaban J connectivity index is 0.00000400. The van der Waals surface area contributed by atoms with Crippen LogP contribution in [0.5, 0.6) is 0 Å². The summed E-state index contributed by atoms with van der Waals surface area (Å²) < 4.78 is 0. The van der Waals surface area contributed by atoms with E-state index in [0.717, 1.165) is 24.9 Å². The number of unbranched alkanes of at least 4 members (excludes halogenated alkanes) is 3. The number of aliphatic hydroxyl groups is 1. The van der Waals surface area contributed by atoms with Crippen molar-refractivity contribution in [1.82, 2.24) is 0 Å². The minimum absolute atomic E-state index is 0. The Morgan fingerprint density at radius 1 is 1.19 bits per heavy atom. The summed E-state index contributed by atoms with van der Waals surface area (Å²) in [6, 6.07) is 5.49. The van der Waals surface area contributed by atoms with Crippen LogP contribution in [-0.4, -0.2) is 24.5 Å². The lowest BCUT2D eigenvalue weighted by atomic mass is 9.97. The van der Waals surface area contributed by atoms with Gasteiger partial charge in [-0.25, -0.2) is 0 Å². The average molecular weight is 353 g/mol. The summed E-state index contributed by atoms with van der Waals surface area (Å²) >= 11 is 11.9. The molecule has 0 fully saturated rings. The van der Waals surface area contributed by atoms with E-state index >= 15 is 0 Å². The van der Waals surface area contributed by atoms with Crippen LogP contribution in [0.15, 0.2) is 23.2 Å². The van der Waals surface area contributed by atoms with Gasteiger partial charge in [0.25, 0.3) is 0 Å². The van der Waals surface area contributed by atoms with Crippen LogP contribution in [0.2, 0.25) is 10.0 Å². The summed E-state index contributed by atoms with van der Waals surface area (Å²) in [7, 11) is 0. The number of halogens is 3. The molecule has 21 heavy (non-hydrogen) atoms. The molecule has 0 saturated heterocycles. The molecule has 2 nitrogen and oxygen atoms in total. The molecule has 0 spiro atoms. The Kier molecular flexibility index (Phi) is 12.1. The second-order valence-corrected chi connectivity index (χ2v) is 5.75. The summed E-state index contributed by atoms with van der Waals surface area (Å²) in [4.78, 5) is 4.40. The molecule has 0 aliphatic carbocycles. The first-order valence-corrected chi connectivity index (χ1v) is 7.98. The van der Waals surface area contributed by atoms with Gasteiger partial charge in [-0.2, -0.15) is 0 Å². The van der Waals surface area contributed by atoms with Gasteiger partial charge in [0.05, 0.1) is 16.7 Å². The summed E-state index contributed by atoms with van der Waals surface area (Å²) in [6.45, 7) is 3.16. The molecule has 1 atom stereocenters. The Labute approximate surface area is 144 Å². The predicted octanol–water partition coefficient (Wildman–Crippen LogP) is 5.53. The summed E-state index contributed by atoms with van der Waals surface area (Å²) in [5.74, 6) is 0.0316. The van der Waals surface area contributed by atoms with Crippen molar-refractivity contribution in [3.63, 3.8) is 0 Å². The molecule has 0 aromatic heterocycles. The lowest BCUT2D eigenvalue weighted by Crippen LogP contribution is -2.05. The number of hydrogen-bond acceptors (Lipinski definition) is 2. The smallest absolute Gasteiger partial charge is 0.0595 e. The van der Waals surface area contributed by atoms with Crippen molar-refractivity contribution < 1.29 is 5.11 Å². The first-order valence-electron chi connectivity index (χ1n) is 7.23. The molecule has 5 heteroatoms. The molecule has 1 aromatic rings. The zero-order valence-corrected chi connectivity index (χ0v) is 14.7. The third kappa shape index (κ3) is 8.06. The van der Waals surface area contributed by atoms with E-state index in [9.17, 15) is 5.11 Å². The Bertz CT molecular complexity index is 424. The molecule has 120 valence electrons. The molecular weight excluding hydrogens is 329 g/mol. The van der Waals surface area contributed by atoms with Crippen molar-refractivity contribution >= 4 is 41.8 Å². The van der Waals surface area contributed by atoms with E-state index in [-0.39, 0.29) is 24.9 Å². The third-order valence-corrected chi connectivity index (χ3v) is 4.03. The molecular formula is C16H24Cl3NO. The Morgan fingerprint density at radius 2 is 1.95 bits per heavy atom. The molecule has 0 aliphatic heterocycles. The van der Waals surface area contributed by atoms with Crippen molar-refractivity contribution in [1.29, 1.82) is 0 Å². The molecule has 1 N–H and O–H groups in total. The highest BCUT2D eigenvalue weighted by atomic mass is 35.5. The van der Waals surface area contributed by atoms with Gasteiger partial charge < -0.3 is 5.11 Å². The van der Waals surface area contributed by atoms with Gasteiger partial charge in [-0.3, -0.25) is 4.99 Å². The maximum Gasteiger partial charge on any atom is 0.0595 e. The highest BCUT2D eigenvalue weighted by Gasteiger charge is 2.10. The SMILES string of the molecule is CCCCCCN=CCC(CO)c1ccc(Cl)c(Cl)c1.Cl. The zero-order chi connectivity index (χ0) is 14.8. The molecule has 1 aromatic carbocycles. The van der Waals surface area contributed by atoms with E-state index in [0.29, 0.717) is 10.0 Å². The molecule has 0 saturated carbocycles. The molecule has 1 unspecified atom stereocenters. The molecule has 0 heterocycles. The molecule has 0 bridgehead atoms. The highest BCUT2D eigenvalue weighted by Crippen LogP contribution is 2.27. The second-order valence-electron chi connectivity index (χ2n) is 4.94. The third-order valence-electron chi connectivity index (χ3n) is 3.30. The van der Waals surface area contributed by atoms with Gasteiger partial charge in [0.1, 0.15) is 0 Å². The van der Waals surface area contributed by atoms with Crippen LogP contribution in [0, 0.1) is 0 Å². The summed E-state index contributed by atoms with van der Waals surface area (Å²) in [6.07, 6.45) is 7.54. The highest BCUT2D eigenvalue weighted by molar-refractivity contribution is 6.42. The van der Waals surface area contributed by atoms with Crippen LogP contribution in [0.3, 0.4) is 0 Å². The number of aliphatic imine (C=N–C) groups is 1. The maximum atomic E-state index is 9.47. The number of rotatable bonds is 9. The maximum absolute atomic E-state index is 9.47. The summed E-state index contributed by atoms with van der Waals surface area (Å²) in [5.41, 5.74) is 0.999. The van der Waals surface area contributed by atoms with Crippen molar-refractivity contribution in [2.45, 2.75) is 44.9 Å². The van der Waals surface area contributed by atoms with Crippen LogP contribution in [0.1, 0.15) is 50.5 Å². The van der Waals surface area contributed by atoms with Gasteiger partial charge in [0.2, 0.25) is 0 Å². The average Bonchev–Trinajstić information content (AvgIpc) is 2.45. The van der Waals surface area contributed by atoms with Crippen molar-refractivity contribution in [3.8, 4) is 0 Å². The first kappa shape index (κ1) is 20.7.